The second-order valence-corrected chi connectivity index (χ2v) is 8.72. The van der Waals surface area contributed by atoms with Gasteiger partial charge < -0.3 is 15.6 Å². The quantitative estimate of drug-likeness (QED) is 0.229. The van der Waals surface area contributed by atoms with Gasteiger partial charge in [0.1, 0.15) is 5.82 Å². The second-order valence-electron chi connectivity index (χ2n) is 8.29. The molecule has 8 heteroatoms. The molecular formula is C26H22ClN7. The minimum Gasteiger partial charge on any atom is -0.361 e. The van der Waals surface area contributed by atoms with Crippen LogP contribution in [0.25, 0.3) is 32.7 Å². The number of anilines is 3. The summed E-state index contributed by atoms with van der Waals surface area (Å²) >= 11 is 6.30. The molecule has 0 aliphatic heterocycles. The number of H-pyrrole nitrogens is 2. The molecule has 3 aromatic carbocycles. The Morgan fingerprint density at radius 3 is 2.79 bits per heavy atom. The Morgan fingerprint density at radius 2 is 1.85 bits per heavy atom. The molecule has 0 bridgehead atoms. The molecule has 0 atom stereocenters. The Labute approximate surface area is 200 Å². The minimum atomic E-state index is 0.569. The minimum absolute atomic E-state index is 0.569. The van der Waals surface area contributed by atoms with Crippen molar-refractivity contribution in [3.8, 4) is 0 Å². The van der Waals surface area contributed by atoms with Crippen LogP contribution in [-0.2, 0) is 6.42 Å². The van der Waals surface area contributed by atoms with Crippen LogP contribution in [0.4, 0.5) is 17.5 Å². The maximum Gasteiger partial charge on any atom is 0.225 e. The van der Waals surface area contributed by atoms with Gasteiger partial charge >= 0.3 is 0 Å². The highest BCUT2D eigenvalue weighted by Gasteiger charge is 2.12. The fourth-order valence-electron chi connectivity index (χ4n) is 4.34. The smallest absolute Gasteiger partial charge is 0.225 e. The van der Waals surface area contributed by atoms with Crippen molar-refractivity contribution >= 4 is 61.8 Å². The molecule has 3 aromatic heterocycles. The molecular weight excluding hydrogens is 446 g/mol. The third-order valence-corrected chi connectivity index (χ3v) is 6.39. The van der Waals surface area contributed by atoms with Crippen LogP contribution in [0.5, 0.6) is 0 Å². The van der Waals surface area contributed by atoms with Gasteiger partial charge in [-0.25, -0.2) is 4.98 Å². The van der Waals surface area contributed by atoms with E-state index >= 15 is 0 Å². The lowest BCUT2D eigenvalue weighted by Crippen LogP contribution is -2.09. The first-order chi connectivity index (χ1) is 16.7. The molecule has 0 spiro atoms. The van der Waals surface area contributed by atoms with E-state index in [0.717, 1.165) is 45.0 Å². The Bertz CT molecular complexity index is 1650. The van der Waals surface area contributed by atoms with E-state index in [0.29, 0.717) is 23.3 Å². The van der Waals surface area contributed by atoms with Gasteiger partial charge in [0, 0.05) is 45.1 Å². The van der Waals surface area contributed by atoms with Gasteiger partial charge in [-0.05, 0) is 60.9 Å². The zero-order chi connectivity index (χ0) is 23.1. The third kappa shape index (κ3) is 3.70. The first-order valence-corrected chi connectivity index (χ1v) is 11.5. The first kappa shape index (κ1) is 20.5. The summed E-state index contributed by atoms with van der Waals surface area (Å²) in [5, 5.41) is 17.9. The number of hydrogen-bond donors (Lipinski definition) is 4. The van der Waals surface area contributed by atoms with Crippen molar-refractivity contribution in [2.75, 3.05) is 17.2 Å². The number of benzene rings is 3. The van der Waals surface area contributed by atoms with E-state index in [4.69, 9.17) is 21.6 Å². The molecule has 0 saturated heterocycles. The average molecular weight is 468 g/mol. The Balaban J connectivity index is 1.31. The molecule has 0 amide bonds. The highest BCUT2D eigenvalue weighted by Crippen LogP contribution is 2.31. The Hall–Kier alpha value is -4.10. The topological polar surface area (TPSA) is 94.3 Å². The normalized spacial score (nSPS) is 11.5. The van der Waals surface area contributed by atoms with Crippen LogP contribution < -0.4 is 10.6 Å². The summed E-state index contributed by atoms with van der Waals surface area (Å²) in [5.41, 5.74) is 6.27. The molecule has 0 aliphatic rings. The van der Waals surface area contributed by atoms with Crippen molar-refractivity contribution in [1.82, 2.24) is 25.1 Å². The van der Waals surface area contributed by atoms with Crippen LogP contribution in [-0.4, -0.2) is 31.7 Å². The van der Waals surface area contributed by atoms with Crippen LogP contribution in [0.3, 0.4) is 0 Å². The lowest BCUT2D eigenvalue weighted by atomic mass is 10.1. The van der Waals surface area contributed by atoms with Crippen molar-refractivity contribution in [1.29, 1.82) is 0 Å². The number of halogens is 1. The van der Waals surface area contributed by atoms with Crippen LogP contribution in [0.1, 0.15) is 11.1 Å². The van der Waals surface area contributed by atoms with Crippen LogP contribution in [0.15, 0.2) is 67.0 Å². The Morgan fingerprint density at radius 1 is 0.941 bits per heavy atom. The number of hydrogen-bond acceptors (Lipinski definition) is 5. The molecule has 168 valence electrons. The fraction of sp³-hybridized carbons (Fsp3) is 0.115. The summed E-state index contributed by atoms with van der Waals surface area (Å²) in [6, 6.07) is 18.0. The van der Waals surface area contributed by atoms with Crippen molar-refractivity contribution in [2.24, 2.45) is 0 Å². The number of fused-ring (bicyclic) bond motifs is 3. The van der Waals surface area contributed by atoms with E-state index in [-0.39, 0.29) is 0 Å². The zero-order valence-electron chi connectivity index (χ0n) is 18.5. The van der Waals surface area contributed by atoms with E-state index < -0.39 is 0 Å². The number of aromatic nitrogens is 5. The molecule has 6 rings (SSSR count). The summed E-state index contributed by atoms with van der Waals surface area (Å²) in [6.45, 7) is 2.78. The van der Waals surface area contributed by atoms with E-state index in [1.165, 1.54) is 10.9 Å². The van der Waals surface area contributed by atoms with E-state index in [1.54, 1.807) is 0 Å². The molecule has 4 N–H and O–H groups in total. The van der Waals surface area contributed by atoms with Crippen LogP contribution >= 0.6 is 11.6 Å². The maximum absolute atomic E-state index is 6.30. The molecule has 34 heavy (non-hydrogen) atoms. The average Bonchev–Trinajstić information content (AvgIpc) is 3.49. The lowest BCUT2D eigenvalue weighted by Gasteiger charge is -2.14. The van der Waals surface area contributed by atoms with Gasteiger partial charge in [-0.3, -0.25) is 5.10 Å². The summed E-state index contributed by atoms with van der Waals surface area (Å²) in [5.74, 6) is 1.27. The largest absolute Gasteiger partial charge is 0.361 e. The fourth-order valence-corrected chi connectivity index (χ4v) is 4.52. The van der Waals surface area contributed by atoms with Crippen molar-refractivity contribution < 1.29 is 0 Å². The summed E-state index contributed by atoms with van der Waals surface area (Å²) < 4.78 is 0. The zero-order valence-corrected chi connectivity index (χ0v) is 19.2. The number of aryl methyl sites for hydroxylation is 1. The third-order valence-electron chi connectivity index (χ3n) is 6.16. The predicted octanol–water partition coefficient (Wildman–Crippen LogP) is 6.35. The molecule has 0 unspecified atom stereocenters. The van der Waals surface area contributed by atoms with Crippen molar-refractivity contribution in [3.63, 3.8) is 0 Å². The van der Waals surface area contributed by atoms with Crippen molar-refractivity contribution in [3.05, 3.63) is 83.1 Å². The summed E-state index contributed by atoms with van der Waals surface area (Å²) in [6.07, 6.45) is 4.75. The van der Waals surface area contributed by atoms with Crippen molar-refractivity contribution in [2.45, 2.75) is 13.3 Å². The van der Waals surface area contributed by atoms with Gasteiger partial charge in [0.05, 0.1) is 17.2 Å². The molecule has 6 aromatic rings. The number of para-hydroxylation sites is 1. The summed E-state index contributed by atoms with van der Waals surface area (Å²) in [4.78, 5) is 12.9. The van der Waals surface area contributed by atoms with Crippen LogP contribution in [0.2, 0.25) is 5.02 Å². The molecule has 0 saturated carbocycles. The maximum atomic E-state index is 6.30. The molecule has 0 fully saturated rings. The van der Waals surface area contributed by atoms with Gasteiger partial charge in [0.2, 0.25) is 5.95 Å². The van der Waals surface area contributed by atoms with Crippen LogP contribution in [0, 0.1) is 6.92 Å². The standard InChI is InChI=1S/C26H22ClN7/c1-15-20-14-30-34-24(20)9-8-21(15)31-25-19-12-17(27)6-7-23(19)32-26(33-25)28-11-10-16-13-29-22-5-3-2-4-18(16)22/h2-9,12-14,29H,10-11H2,1H3,(H,30,34)(H2,28,31,32,33). The van der Waals surface area contributed by atoms with E-state index in [2.05, 4.69) is 57.1 Å². The summed E-state index contributed by atoms with van der Waals surface area (Å²) in [7, 11) is 0. The Kier molecular flexibility index (Phi) is 5.04. The van der Waals surface area contributed by atoms with E-state index in [9.17, 15) is 0 Å². The predicted molar refractivity (Wildman–Crippen MR) is 139 cm³/mol. The molecule has 3 heterocycles. The number of nitrogens with one attached hydrogen (secondary N) is 4. The monoisotopic (exact) mass is 467 g/mol. The lowest BCUT2D eigenvalue weighted by molar-refractivity contribution is 0.998. The van der Waals surface area contributed by atoms with E-state index in [1.807, 2.05) is 42.6 Å². The molecule has 0 aliphatic carbocycles. The molecule has 0 radical (unpaired) electrons. The number of aromatic amines is 2. The highest BCUT2D eigenvalue weighted by atomic mass is 35.5. The van der Waals surface area contributed by atoms with Gasteiger partial charge in [-0.15, -0.1) is 0 Å². The van der Waals surface area contributed by atoms with Gasteiger partial charge in [-0.2, -0.15) is 10.1 Å². The molecule has 7 nitrogen and oxygen atoms in total. The first-order valence-electron chi connectivity index (χ1n) is 11.1. The highest BCUT2D eigenvalue weighted by molar-refractivity contribution is 6.31. The number of nitrogens with zero attached hydrogens (tertiary/aromatic N) is 3. The second kappa shape index (κ2) is 8.35. The van der Waals surface area contributed by atoms with Gasteiger partial charge in [-0.1, -0.05) is 29.8 Å². The van der Waals surface area contributed by atoms with Gasteiger partial charge in [0.15, 0.2) is 0 Å². The SMILES string of the molecule is Cc1c(Nc2nc(NCCc3c[nH]c4ccccc34)nc3ccc(Cl)cc23)ccc2[nH]ncc12. The van der Waals surface area contributed by atoms with Gasteiger partial charge in [0.25, 0.3) is 0 Å². The number of rotatable bonds is 6.